The highest BCUT2D eigenvalue weighted by molar-refractivity contribution is 6.05. The summed E-state index contributed by atoms with van der Waals surface area (Å²) in [5.74, 6) is -0.469. The molecule has 2 aromatic carbocycles. The second-order valence-electron chi connectivity index (χ2n) is 5.87. The zero-order valence-corrected chi connectivity index (χ0v) is 13.7. The second-order valence-corrected chi connectivity index (χ2v) is 5.87. The summed E-state index contributed by atoms with van der Waals surface area (Å²) in [5, 5.41) is 2.77. The first kappa shape index (κ1) is 16.3. The van der Waals surface area contributed by atoms with Gasteiger partial charge in [-0.25, -0.2) is 4.39 Å². The van der Waals surface area contributed by atoms with Crippen LogP contribution in [0.3, 0.4) is 0 Å². The van der Waals surface area contributed by atoms with Crippen LogP contribution >= 0.6 is 0 Å². The molecule has 126 valence electrons. The number of hydrogen-bond donors (Lipinski definition) is 1. The maximum Gasteiger partial charge on any atom is 0.258 e. The van der Waals surface area contributed by atoms with E-state index in [1.807, 2.05) is 18.2 Å². The molecule has 0 saturated carbocycles. The molecule has 1 N–H and O–H groups in total. The quantitative estimate of drug-likeness (QED) is 0.919. The van der Waals surface area contributed by atoms with Gasteiger partial charge in [-0.05, 0) is 49.6 Å². The number of halogens is 1. The van der Waals surface area contributed by atoms with E-state index in [9.17, 15) is 9.18 Å². The maximum atomic E-state index is 13.8. The predicted octanol–water partition coefficient (Wildman–Crippen LogP) is 4.08. The molecule has 0 unspecified atom stereocenters. The summed E-state index contributed by atoms with van der Waals surface area (Å²) in [5.41, 5.74) is 1.61. The minimum Gasteiger partial charge on any atom is -0.495 e. The molecular weight excluding hydrogens is 307 g/mol. The number of nitrogens with one attached hydrogen (secondary N) is 1. The van der Waals surface area contributed by atoms with Crippen molar-refractivity contribution >= 4 is 17.3 Å². The minimum atomic E-state index is -0.541. The van der Waals surface area contributed by atoms with Crippen molar-refractivity contribution < 1.29 is 13.9 Å². The third-order valence-electron chi connectivity index (χ3n) is 4.27. The molecule has 0 aromatic heterocycles. The monoisotopic (exact) mass is 328 g/mol. The average molecular weight is 328 g/mol. The highest BCUT2D eigenvalue weighted by Crippen LogP contribution is 2.31. The molecule has 1 saturated heterocycles. The Morgan fingerprint density at radius 3 is 2.58 bits per heavy atom. The van der Waals surface area contributed by atoms with Crippen LogP contribution in [-0.2, 0) is 0 Å². The fourth-order valence-electron chi connectivity index (χ4n) is 2.98. The SMILES string of the molecule is COc1ccc(N2CCCCC2)cc1NC(=O)c1ccccc1F. The number of amides is 1. The van der Waals surface area contributed by atoms with E-state index in [1.54, 1.807) is 19.2 Å². The molecule has 0 spiro atoms. The molecule has 4 nitrogen and oxygen atoms in total. The largest absolute Gasteiger partial charge is 0.495 e. The van der Waals surface area contributed by atoms with Gasteiger partial charge in [0.05, 0.1) is 18.4 Å². The van der Waals surface area contributed by atoms with E-state index in [1.165, 1.54) is 31.4 Å². The van der Waals surface area contributed by atoms with Crippen molar-refractivity contribution in [1.29, 1.82) is 0 Å². The van der Waals surface area contributed by atoms with Gasteiger partial charge in [-0.1, -0.05) is 12.1 Å². The van der Waals surface area contributed by atoms with E-state index in [0.717, 1.165) is 18.8 Å². The van der Waals surface area contributed by atoms with Gasteiger partial charge in [-0.15, -0.1) is 0 Å². The molecule has 0 atom stereocenters. The van der Waals surface area contributed by atoms with Gasteiger partial charge in [0.1, 0.15) is 11.6 Å². The van der Waals surface area contributed by atoms with E-state index in [0.29, 0.717) is 11.4 Å². The zero-order chi connectivity index (χ0) is 16.9. The molecular formula is C19H21FN2O2. The average Bonchev–Trinajstić information content (AvgIpc) is 2.62. The fourth-order valence-corrected chi connectivity index (χ4v) is 2.98. The minimum absolute atomic E-state index is 0.0166. The van der Waals surface area contributed by atoms with Crippen LogP contribution < -0.4 is 15.0 Å². The van der Waals surface area contributed by atoms with Crippen LogP contribution in [-0.4, -0.2) is 26.1 Å². The van der Waals surface area contributed by atoms with Gasteiger partial charge in [0.2, 0.25) is 0 Å². The van der Waals surface area contributed by atoms with Crippen LogP contribution in [0.4, 0.5) is 15.8 Å². The Bertz CT molecular complexity index is 727. The lowest BCUT2D eigenvalue weighted by molar-refractivity contribution is 0.102. The number of anilines is 2. The number of carbonyl (C=O) groups is 1. The third kappa shape index (κ3) is 3.50. The lowest BCUT2D eigenvalue weighted by atomic mass is 10.1. The van der Waals surface area contributed by atoms with Gasteiger partial charge >= 0.3 is 0 Å². The van der Waals surface area contributed by atoms with Crippen LogP contribution in [0.25, 0.3) is 0 Å². The molecule has 0 radical (unpaired) electrons. The van der Waals surface area contributed by atoms with E-state index in [-0.39, 0.29) is 5.56 Å². The predicted molar refractivity (Wildman–Crippen MR) is 93.4 cm³/mol. The van der Waals surface area contributed by atoms with Crippen LogP contribution in [0.2, 0.25) is 0 Å². The normalized spacial score (nSPS) is 14.3. The van der Waals surface area contributed by atoms with Gasteiger partial charge < -0.3 is 15.0 Å². The van der Waals surface area contributed by atoms with E-state index < -0.39 is 11.7 Å². The molecule has 1 aliphatic rings. The summed E-state index contributed by atoms with van der Waals surface area (Å²) in [6.07, 6.45) is 3.59. The third-order valence-corrected chi connectivity index (χ3v) is 4.27. The first-order valence-electron chi connectivity index (χ1n) is 8.18. The van der Waals surface area contributed by atoms with Gasteiger partial charge in [0.15, 0.2) is 0 Å². The standard InChI is InChI=1S/C19H21FN2O2/c1-24-18-10-9-14(22-11-5-2-6-12-22)13-17(18)21-19(23)15-7-3-4-8-16(15)20/h3-4,7-10,13H,2,5-6,11-12H2,1H3,(H,21,23). The van der Waals surface area contributed by atoms with Crippen molar-refractivity contribution in [3.8, 4) is 5.75 Å². The topological polar surface area (TPSA) is 41.6 Å². The first-order chi connectivity index (χ1) is 11.7. The Morgan fingerprint density at radius 1 is 1.12 bits per heavy atom. The summed E-state index contributed by atoms with van der Waals surface area (Å²) in [7, 11) is 1.55. The molecule has 0 bridgehead atoms. The molecule has 1 aliphatic heterocycles. The number of rotatable bonds is 4. The Morgan fingerprint density at radius 2 is 1.88 bits per heavy atom. The molecule has 0 aliphatic carbocycles. The smallest absolute Gasteiger partial charge is 0.258 e. The Labute approximate surface area is 141 Å². The van der Waals surface area contributed by atoms with Crippen molar-refractivity contribution in [2.24, 2.45) is 0 Å². The van der Waals surface area contributed by atoms with Crippen molar-refractivity contribution in [2.75, 3.05) is 30.4 Å². The van der Waals surface area contributed by atoms with Gasteiger partial charge in [-0.2, -0.15) is 0 Å². The maximum absolute atomic E-state index is 13.8. The first-order valence-corrected chi connectivity index (χ1v) is 8.18. The summed E-state index contributed by atoms with van der Waals surface area (Å²) >= 11 is 0. The van der Waals surface area contributed by atoms with Crippen LogP contribution in [0.5, 0.6) is 5.75 Å². The van der Waals surface area contributed by atoms with Gasteiger partial charge in [0.25, 0.3) is 5.91 Å². The molecule has 1 fully saturated rings. The molecule has 24 heavy (non-hydrogen) atoms. The van der Waals surface area contributed by atoms with E-state index >= 15 is 0 Å². The summed E-state index contributed by atoms with van der Waals surface area (Å²) in [6, 6.07) is 11.7. The van der Waals surface area contributed by atoms with Crippen molar-refractivity contribution in [1.82, 2.24) is 0 Å². The number of methoxy groups -OCH3 is 1. The Balaban J connectivity index is 1.85. The highest BCUT2D eigenvalue weighted by Gasteiger charge is 2.16. The van der Waals surface area contributed by atoms with Crippen molar-refractivity contribution in [3.63, 3.8) is 0 Å². The molecule has 5 heteroatoms. The van der Waals surface area contributed by atoms with Crippen LogP contribution in [0.15, 0.2) is 42.5 Å². The Kier molecular flexibility index (Phi) is 4.99. The lowest BCUT2D eigenvalue weighted by Gasteiger charge is -2.29. The second kappa shape index (κ2) is 7.34. The van der Waals surface area contributed by atoms with E-state index in [2.05, 4.69) is 10.2 Å². The van der Waals surface area contributed by atoms with Crippen molar-refractivity contribution in [2.45, 2.75) is 19.3 Å². The van der Waals surface area contributed by atoms with Gasteiger partial charge in [0, 0.05) is 18.8 Å². The van der Waals surface area contributed by atoms with E-state index in [4.69, 9.17) is 4.74 Å². The number of carbonyl (C=O) groups excluding carboxylic acids is 1. The van der Waals surface area contributed by atoms with Crippen molar-refractivity contribution in [3.05, 3.63) is 53.8 Å². The summed E-state index contributed by atoms with van der Waals surface area (Å²) < 4.78 is 19.1. The Hall–Kier alpha value is -2.56. The van der Waals surface area contributed by atoms with Crippen LogP contribution in [0.1, 0.15) is 29.6 Å². The number of ether oxygens (including phenoxy) is 1. The summed E-state index contributed by atoms with van der Waals surface area (Å²) in [4.78, 5) is 14.7. The highest BCUT2D eigenvalue weighted by atomic mass is 19.1. The molecule has 3 rings (SSSR count). The molecule has 1 heterocycles. The molecule has 1 amide bonds. The lowest BCUT2D eigenvalue weighted by Crippen LogP contribution is -2.29. The fraction of sp³-hybridized carbons (Fsp3) is 0.316. The summed E-state index contributed by atoms with van der Waals surface area (Å²) in [6.45, 7) is 2.01. The number of benzene rings is 2. The number of piperidine rings is 1. The number of hydrogen-bond acceptors (Lipinski definition) is 3. The number of nitrogens with zero attached hydrogens (tertiary/aromatic N) is 1. The molecule has 2 aromatic rings. The van der Waals surface area contributed by atoms with Gasteiger partial charge in [-0.3, -0.25) is 4.79 Å². The van der Waals surface area contributed by atoms with Crippen LogP contribution in [0, 0.1) is 5.82 Å². The zero-order valence-electron chi connectivity index (χ0n) is 13.7.